The van der Waals surface area contributed by atoms with Crippen LogP contribution in [0.3, 0.4) is 0 Å². The molecule has 0 spiro atoms. The Hall–Kier alpha value is -2.84. The van der Waals surface area contributed by atoms with Crippen LogP contribution in [-0.4, -0.2) is 17.0 Å². The average Bonchev–Trinajstić information content (AvgIpc) is 2.70. The molecule has 0 unspecified atom stereocenters. The van der Waals surface area contributed by atoms with Crippen LogP contribution >= 0.6 is 34.2 Å². The standard InChI is InChI=1S/C22H15ClINO4/c23-16-5-3-4-15(13-16)21(26)25-19(22(27)28)12-14-8-10-17(11-9-14)29-20-7-2-1-6-18(20)24/h1-13H,(H,25,26)(H,27,28). The SMILES string of the molecule is O=C(O)C(=Cc1ccc(Oc2ccccc2I)cc1)NC(=O)c1cccc(Cl)c1. The van der Waals surface area contributed by atoms with E-state index < -0.39 is 11.9 Å². The Kier molecular flexibility index (Phi) is 6.90. The van der Waals surface area contributed by atoms with Crippen LogP contribution in [0, 0.1) is 3.57 Å². The minimum absolute atomic E-state index is 0.249. The molecule has 1 amide bonds. The van der Waals surface area contributed by atoms with Crippen LogP contribution in [0.5, 0.6) is 11.5 Å². The molecule has 3 aromatic carbocycles. The molecule has 0 aliphatic carbocycles. The van der Waals surface area contributed by atoms with Crippen LogP contribution in [0.15, 0.2) is 78.5 Å². The van der Waals surface area contributed by atoms with Crippen LogP contribution < -0.4 is 10.1 Å². The van der Waals surface area contributed by atoms with Gasteiger partial charge in [0, 0.05) is 10.6 Å². The van der Waals surface area contributed by atoms with Crippen molar-refractivity contribution < 1.29 is 19.4 Å². The van der Waals surface area contributed by atoms with Crippen molar-refractivity contribution in [2.24, 2.45) is 0 Å². The van der Waals surface area contributed by atoms with Crippen LogP contribution in [-0.2, 0) is 4.79 Å². The number of ether oxygens (including phenoxy) is 1. The maximum Gasteiger partial charge on any atom is 0.352 e. The molecule has 0 radical (unpaired) electrons. The van der Waals surface area contributed by atoms with Crippen molar-refractivity contribution in [3.05, 3.63) is 98.2 Å². The van der Waals surface area contributed by atoms with Gasteiger partial charge in [-0.25, -0.2) is 4.79 Å². The number of rotatable bonds is 6. The van der Waals surface area contributed by atoms with Gasteiger partial charge in [-0.3, -0.25) is 4.79 Å². The maximum absolute atomic E-state index is 12.3. The van der Waals surface area contributed by atoms with Gasteiger partial charge in [0.05, 0.1) is 3.57 Å². The molecule has 0 aliphatic heterocycles. The molecule has 29 heavy (non-hydrogen) atoms. The first-order valence-electron chi connectivity index (χ1n) is 8.47. The van der Waals surface area contributed by atoms with Crippen LogP contribution in [0.2, 0.25) is 5.02 Å². The largest absolute Gasteiger partial charge is 0.477 e. The number of hydrogen-bond donors (Lipinski definition) is 2. The van der Waals surface area contributed by atoms with Crippen molar-refractivity contribution in [3.8, 4) is 11.5 Å². The highest BCUT2D eigenvalue weighted by atomic mass is 127. The Bertz CT molecular complexity index is 1080. The summed E-state index contributed by atoms with van der Waals surface area (Å²) in [6.07, 6.45) is 1.38. The lowest BCUT2D eigenvalue weighted by Crippen LogP contribution is -2.27. The summed E-state index contributed by atoms with van der Waals surface area (Å²) in [6, 6.07) is 20.8. The van der Waals surface area contributed by atoms with E-state index in [2.05, 4.69) is 27.9 Å². The van der Waals surface area contributed by atoms with Crippen molar-refractivity contribution in [2.45, 2.75) is 0 Å². The zero-order valence-corrected chi connectivity index (χ0v) is 17.8. The molecule has 0 saturated carbocycles. The van der Waals surface area contributed by atoms with Gasteiger partial charge in [-0.05, 0) is 76.7 Å². The number of nitrogens with one attached hydrogen (secondary N) is 1. The maximum atomic E-state index is 12.3. The summed E-state index contributed by atoms with van der Waals surface area (Å²) in [7, 11) is 0. The topological polar surface area (TPSA) is 75.6 Å². The molecule has 2 N–H and O–H groups in total. The number of halogens is 2. The monoisotopic (exact) mass is 519 g/mol. The van der Waals surface area contributed by atoms with E-state index in [0.717, 1.165) is 9.32 Å². The second-order valence-electron chi connectivity index (χ2n) is 5.93. The predicted molar refractivity (Wildman–Crippen MR) is 120 cm³/mol. The Balaban J connectivity index is 1.76. The van der Waals surface area contributed by atoms with Gasteiger partial charge in [0.1, 0.15) is 17.2 Å². The second-order valence-corrected chi connectivity index (χ2v) is 7.53. The van der Waals surface area contributed by atoms with Crippen LogP contribution in [0.1, 0.15) is 15.9 Å². The van der Waals surface area contributed by atoms with Crippen molar-refractivity contribution in [3.63, 3.8) is 0 Å². The lowest BCUT2D eigenvalue weighted by atomic mass is 10.1. The minimum atomic E-state index is -1.25. The second kappa shape index (κ2) is 9.58. The predicted octanol–water partition coefficient (Wildman–Crippen LogP) is 5.59. The first kappa shape index (κ1) is 20.9. The molecule has 7 heteroatoms. The highest BCUT2D eigenvalue weighted by Crippen LogP contribution is 2.26. The summed E-state index contributed by atoms with van der Waals surface area (Å²) >= 11 is 8.06. The number of para-hydroxylation sites is 1. The Morgan fingerprint density at radius 1 is 1.00 bits per heavy atom. The Labute approximate surface area is 186 Å². The Morgan fingerprint density at radius 2 is 1.72 bits per heavy atom. The molecule has 0 aliphatic rings. The third-order valence-electron chi connectivity index (χ3n) is 3.82. The fourth-order valence-electron chi connectivity index (χ4n) is 2.43. The molecule has 146 valence electrons. The fraction of sp³-hybridized carbons (Fsp3) is 0. The molecule has 0 heterocycles. The van der Waals surface area contributed by atoms with Gasteiger partial charge in [0.25, 0.3) is 5.91 Å². The number of hydrogen-bond acceptors (Lipinski definition) is 3. The van der Waals surface area contributed by atoms with Gasteiger partial charge >= 0.3 is 5.97 Å². The van der Waals surface area contributed by atoms with Gasteiger partial charge in [0.2, 0.25) is 0 Å². The number of aliphatic carboxylic acids is 1. The molecule has 0 bridgehead atoms. The smallest absolute Gasteiger partial charge is 0.352 e. The molecule has 0 saturated heterocycles. The van der Waals surface area contributed by atoms with E-state index in [9.17, 15) is 14.7 Å². The van der Waals surface area contributed by atoms with Crippen molar-refractivity contribution in [1.82, 2.24) is 5.32 Å². The molecule has 0 atom stereocenters. The van der Waals surface area contributed by atoms with E-state index >= 15 is 0 Å². The van der Waals surface area contributed by atoms with Crippen molar-refractivity contribution >= 4 is 52.1 Å². The zero-order valence-electron chi connectivity index (χ0n) is 14.9. The lowest BCUT2D eigenvalue weighted by molar-refractivity contribution is -0.132. The van der Waals surface area contributed by atoms with Gasteiger partial charge in [-0.15, -0.1) is 0 Å². The molecule has 0 aromatic heterocycles. The van der Waals surface area contributed by atoms with Crippen molar-refractivity contribution in [2.75, 3.05) is 0 Å². The van der Waals surface area contributed by atoms with E-state index in [0.29, 0.717) is 16.3 Å². The van der Waals surface area contributed by atoms with Gasteiger partial charge in [0.15, 0.2) is 0 Å². The lowest BCUT2D eigenvalue weighted by Gasteiger charge is -2.09. The molecule has 0 fully saturated rings. The van der Waals surface area contributed by atoms with E-state index in [1.807, 2.05) is 24.3 Å². The van der Waals surface area contributed by atoms with Crippen LogP contribution in [0.4, 0.5) is 0 Å². The zero-order chi connectivity index (χ0) is 20.8. The van der Waals surface area contributed by atoms with E-state index in [1.165, 1.54) is 12.1 Å². The minimum Gasteiger partial charge on any atom is -0.477 e. The summed E-state index contributed by atoms with van der Waals surface area (Å²) in [5.41, 5.74) is 0.621. The number of carbonyl (C=O) groups excluding carboxylic acids is 1. The average molecular weight is 520 g/mol. The molecule has 3 aromatic rings. The number of carbonyl (C=O) groups is 2. The van der Waals surface area contributed by atoms with Gasteiger partial charge in [-0.1, -0.05) is 41.9 Å². The van der Waals surface area contributed by atoms with Crippen LogP contribution in [0.25, 0.3) is 6.08 Å². The number of amides is 1. The third-order valence-corrected chi connectivity index (χ3v) is 4.95. The van der Waals surface area contributed by atoms with Gasteiger partial charge in [-0.2, -0.15) is 0 Å². The number of benzene rings is 3. The van der Waals surface area contributed by atoms with E-state index in [1.54, 1.807) is 42.5 Å². The fourth-order valence-corrected chi connectivity index (χ4v) is 3.12. The van der Waals surface area contributed by atoms with Gasteiger partial charge < -0.3 is 15.2 Å². The van der Waals surface area contributed by atoms with E-state index in [4.69, 9.17) is 16.3 Å². The quantitative estimate of drug-likeness (QED) is 0.329. The first-order chi connectivity index (χ1) is 13.9. The summed E-state index contributed by atoms with van der Waals surface area (Å²) < 4.78 is 6.80. The summed E-state index contributed by atoms with van der Waals surface area (Å²) in [4.78, 5) is 23.8. The molecule has 3 rings (SSSR count). The first-order valence-corrected chi connectivity index (χ1v) is 9.92. The summed E-state index contributed by atoms with van der Waals surface area (Å²) in [6.45, 7) is 0. The van der Waals surface area contributed by atoms with E-state index in [-0.39, 0.29) is 11.3 Å². The third kappa shape index (κ3) is 5.82. The molecule has 5 nitrogen and oxygen atoms in total. The number of carboxylic acids is 1. The normalized spacial score (nSPS) is 11.0. The molecular formula is C22H15ClINO4. The molecular weight excluding hydrogens is 505 g/mol. The number of carboxylic acid groups (broad SMARTS) is 1. The van der Waals surface area contributed by atoms with Crippen molar-refractivity contribution in [1.29, 1.82) is 0 Å². The highest BCUT2D eigenvalue weighted by molar-refractivity contribution is 14.1. The Morgan fingerprint density at radius 3 is 2.38 bits per heavy atom. The summed E-state index contributed by atoms with van der Waals surface area (Å²) in [5, 5.41) is 12.2. The highest BCUT2D eigenvalue weighted by Gasteiger charge is 2.14. The summed E-state index contributed by atoms with van der Waals surface area (Å²) in [5.74, 6) is -0.457.